The van der Waals surface area contributed by atoms with Crippen molar-refractivity contribution in [1.29, 1.82) is 0 Å². The van der Waals surface area contributed by atoms with Gasteiger partial charge in [-0.2, -0.15) is 4.98 Å². The summed E-state index contributed by atoms with van der Waals surface area (Å²) in [6, 6.07) is 0. The predicted molar refractivity (Wildman–Crippen MR) is 72.6 cm³/mol. The molecule has 0 bridgehead atoms. The molecule has 0 amide bonds. The maximum Gasteiger partial charge on any atom is 0.339 e. The number of hydrogen-bond donors (Lipinski definition) is 3. The Kier molecular flexibility index (Phi) is 4.76. The van der Waals surface area contributed by atoms with Gasteiger partial charge >= 0.3 is 11.1 Å². The molecule has 19 heavy (non-hydrogen) atoms. The molecule has 1 rings (SSSR count). The average Bonchev–Trinajstić information content (AvgIpc) is 2.34. The monoisotopic (exact) mass is 287 g/mol. The molecule has 1 heterocycles. The highest BCUT2D eigenvalue weighted by Gasteiger charge is 2.23. The molecule has 0 saturated heterocycles. The smallest absolute Gasteiger partial charge is 0.339 e. The number of aryl methyl sites for hydroxylation is 1. The number of thioether (sulfide) groups is 1. The van der Waals surface area contributed by atoms with Crippen LogP contribution in [0.3, 0.4) is 0 Å². The van der Waals surface area contributed by atoms with E-state index in [4.69, 9.17) is 10.9 Å². The number of nitrogens with zero attached hydrogens (tertiary/aromatic N) is 3. The van der Waals surface area contributed by atoms with E-state index in [2.05, 4.69) is 15.2 Å². The SMILES string of the molecule is Cn1[nH]c(=O)c(=O)nc1SCCC(C)(C)C(N)=NO. The number of H-pyrrole nitrogens is 1. The third-order valence-electron chi connectivity index (χ3n) is 2.71. The van der Waals surface area contributed by atoms with E-state index in [0.29, 0.717) is 17.3 Å². The van der Waals surface area contributed by atoms with E-state index in [0.717, 1.165) is 0 Å². The highest BCUT2D eigenvalue weighted by molar-refractivity contribution is 7.99. The molecule has 0 saturated carbocycles. The van der Waals surface area contributed by atoms with E-state index < -0.39 is 16.5 Å². The third-order valence-corrected chi connectivity index (χ3v) is 3.74. The van der Waals surface area contributed by atoms with Crippen LogP contribution >= 0.6 is 11.8 Å². The second-order valence-corrected chi connectivity index (χ2v) is 5.73. The van der Waals surface area contributed by atoms with Crippen LogP contribution in [0, 0.1) is 5.41 Å². The molecule has 4 N–H and O–H groups in total. The fourth-order valence-electron chi connectivity index (χ4n) is 1.25. The van der Waals surface area contributed by atoms with Crippen molar-refractivity contribution in [3.63, 3.8) is 0 Å². The van der Waals surface area contributed by atoms with Gasteiger partial charge in [0.2, 0.25) is 0 Å². The molecule has 0 aliphatic carbocycles. The van der Waals surface area contributed by atoms with Crippen LogP contribution in [0.25, 0.3) is 0 Å². The Morgan fingerprint density at radius 1 is 1.58 bits per heavy atom. The van der Waals surface area contributed by atoms with Crippen LogP contribution in [0.4, 0.5) is 0 Å². The van der Waals surface area contributed by atoms with Crippen LogP contribution in [0.1, 0.15) is 20.3 Å². The Morgan fingerprint density at radius 2 is 2.21 bits per heavy atom. The zero-order valence-electron chi connectivity index (χ0n) is 11.0. The summed E-state index contributed by atoms with van der Waals surface area (Å²) >= 11 is 1.31. The lowest BCUT2D eigenvalue weighted by Crippen LogP contribution is -2.34. The van der Waals surface area contributed by atoms with Gasteiger partial charge in [-0.15, -0.1) is 0 Å². The van der Waals surface area contributed by atoms with E-state index in [1.54, 1.807) is 7.05 Å². The van der Waals surface area contributed by atoms with E-state index in [-0.39, 0.29) is 5.84 Å². The molecule has 0 spiro atoms. The summed E-state index contributed by atoms with van der Waals surface area (Å²) in [6.07, 6.45) is 0.628. The predicted octanol–water partition coefficient (Wildman–Crippen LogP) is -0.277. The Labute approximate surface area is 113 Å². The van der Waals surface area contributed by atoms with E-state index in [9.17, 15) is 9.59 Å². The van der Waals surface area contributed by atoms with Gasteiger partial charge in [0.15, 0.2) is 5.16 Å². The van der Waals surface area contributed by atoms with Gasteiger partial charge in [-0.1, -0.05) is 30.8 Å². The average molecular weight is 287 g/mol. The standard InChI is InChI=1S/C10H17N5O3S/c1-10(2,8(11)14-18)4-5-19-9-12-6(16)7(17)13-15(9)3/h18H,4-5H2,1-3H3,(H2,11,14)(H,13,17). The summed E-state index contributed by atoms with van der Waals surface area (Å²) in [5, 5.41) is 14.4. The number of nitrogens with one attached hydrogen (secondary N) is 1. The molecule has 8 nitrogen and oxygen atoms in total. The van der Waals surface area contributed by atoms with Crippen molar-refractivity contribution < 1.29 is 5.21 Å². The second-order valence-electron chi connectivity index (χ2n) is 4.67. The number of oxime groups is 1. The van der Waals surface area contributed by atoms with Crippen molar-refractivity contribution in [1.82, 2.24) is 14.8 Å². The molecule has 0 radical (unpaired) electrons. The number of aromatic amines is 1. The lowest BCUT2D eigenvalue weighted by atomic mass is 9.89. The first kappa shape index (κ1) is 15.3. The van der Waals surface area contributed by atoms with Gasteiger partial charge in [0, 0.05) is 18.2 Å². The zero-order chi connectivity index (χ0) is 14.6. The first-order valence-corrected chi connectivity index (χ1v) is 6.54. The topological polar surface area (TPSA) is 126 Å². The minimum absolute atomic E-state index is 0.149. The number of rotatable bonds is 5. The molecule has 1 aromatic rings. The van der Waals surface area contributed by atoms with Crippen molar-refractivity contribution in [2.45, 2.75) is 25.4 Å². The minimum atomic E-state index is -0.809. The molecule has 1 aromatic heterocycles. The number of nitrogens with two attached hydrogens (primary N) is 1. The van der Waals surface area contributed by atoms with Crippen molar-refractivity contribution in [2.24, 2.45) is 23.4 Å². The van der Waals surface area contributed by atoms with Crippen LogP contribution < -0.4 is 16.9 Å². The van der Waals surface area contributed by atoms with Crippen LogP contribution in [0.5, 0.6) is 0 Å². The summed E-state index contributed by atoms with van der Waals surface area (Å²) in [5.74, 6) is 0.756. The minimum Gasteiger partial charge on any atom is -0.409 e. The molecular formula is C10H17N5O3S. The molecule has 0 fully saturated rings. The van der Waals surface area contributed by atoms with Crippen LogP contribution in [0.2, 0.25) is 0 Å². The Hall–Kier alpha value is -1.77. The quantitative estimate of drug-likeness (QED) is 0.171. The van der Waals surface area contributed by atoms with Gasteiger partial charge in [-0.3, -0.25) is 19.4 Å². The maximum atomic E-state index is 11.2. The third kappa shape index (κ3) is 3.85. The highest BCUT2D eigenvalue weighted by Crippen LogP contribution is 2.25. The van der Waals surface area contributed by atoms with Gasteiger partial charge in [0.1, 0.15) is 5.84 Å². The lowest BCUT2D eigenvalue weighted by Gasteiger charge is -2.22. The summed E-state index contributed by atoms with van der Waals surface area (Å²) in [5.41, 5.74) is 3.57. The molecule has 106 valence electrons. The van der Waals surface area contributed by atoms with Gasteiger partial charge in [0.25, 0.3) is 0 Å². The van der Waals surface area contributed by atoms with Crippen molar-refractivity contribution in [2.75, 3.05) is 5.75 Å². The van der Waals surface area contributed by atoms with Crippen LogP contribution in [0.15, 0.2) is 19.9 Å². The molecule has 0 aliphatic rings. The van der Waals surface area contributed by atoms with Crippen molar-refractivity contribution in [3.8, 4) is 0 Å². The first-order valence-electron chi connectivity index (χ1n) is 5.56. The number of amidine groups is 1. The van der Waals surface area contributed by atoms with Crippen molar-refractivity contribution >= 4 is 17.6 Å². The lowest BCUT2D eigenvalue weighted by molar-refractivity contribution is 0.307. The van der Waals surface area contributed by atoms with E-state index in [1.807, 2.05) is 13.8 Å². The fraction of sp³-hybridized carbons (Fsp3) is 0.600. The molecule has 9 heteroatoms. The summed E-state index contributed by atoms with van der Waals surface area (Å²) in [4.78, 5) is 25.9. The maximum absolute atomic E-state index is 11.2. The fourth-order valence-corrected chi connectivity index (χ4v) is 2.43. The molecular weight excluding hydrogens is 270 g/mol. The van der Waals surface area contributed by atoms with E-state index >= 15 is 0 Å². The normalized spacial score (nSPS) is 12.7. The largest absolute Gasteiger partial charge is 0.409 e. The first-order chi connectivity index (χ1) is 8.77. The summed E-state index contributed by atoms with van der Waals surface area (Å²) in [7, 11) is 1.60. The second kappa shape index (κ2) is 5.91. The van der Waals surface area contributed by atoms with Crippen molar-refractivity contribution in [3.05, 3.63) is 20.7 Å². The van der Waals surface area contributed by atoms with Crippen LogP contribution in [-0.2, 0) is 7.05 Å². The zero-order valence-corrected chi connectivity index (χ0v) is 11.8. The number of aromatic nitrogens is 3. The van der Waals surface area contributed by atoms with E-state index in [1.165, 1.54) is 16.4 Å². The van der Waals surface area contributed by atoms with Gasteiger partial charge < -0.3 is 10.9 Å². The van der Waals surface area contributed by atoms with Crippen LogP contribution in [-0.4, -0.2) is 31.6 Å². The van der Waals surface area contributed by atoms with Gasteiger partial charge in [-0.25, -0.2) is 0 Å². The molecule has 0 aliphatic heterocycles. The Balaban J connectivity index is 2.72. The highest BCUT2D eigenvalue weighted by atomic mass is 32.2. The molecule has 0 atom stereocenters. The van der Waals surface area contributed by atoms with Gasteiger partial charge in [-0.05, 0) is 6.42 Å². The Morgan fingerprint density at radius 3 is 2.79 bits per heavy atom. The molecule has 0 unspecified atom stereocenters. The summed E-state index contributed by atoms with van der Waals surface area (Å²) < 4.78 is 1.39. The molecule has 0 aromatic carbocycles. The van der Waals surface area contributed by atoms with Gasteiger partial charge in [0.05, 0.1) is 0 Å². The number of hydrogen-bond acceptors (Lipinski definition) is 6. The Bertz CT molecular complexity index is 590. The summed E-state index contributed by atoms with van der Waals surface area (Å²) in [6.45, 7) is 3.70.